The normalized spacial score (nSPS) is 13.0. The zero-order valence-corrected chi connectivity index (χ0v) is 32.3. The number of ether oxygens (including phenoxy) is 2. The Balaban J connectivity index is 1.47. The molecule has 0 bridgehead atoms. The molecule has 52 heavy (non-hydrogen) atoms. The van der Waals surface area contributed by atoms with Crippen molar-refractivity contribution < 1.29 is 38.2 Å². The third kappa shape index (κ3) is 9.94. The Morgan fingerprint density at radius 2 is 1.38 bits per heavy atom. The number of carbonyl (C=O) groups excluding carboxylic acids is 4. The average Bonchev–Trinajstić information content (AvgIpc) is 3.60. The van der Waals surface area contributed by atoms with Gasteiger partial charge in [-0.3, -0.25) is 14.9 Å². The highest BCUT2D eigenvalue weighted by atomic mass is 32.1. The van der Waals surface area contributed by atoms with Crippen molar-refractivity contribution in [3.8, 4) is 10.4 Å². The van der Waals surface area contributed by atoms with E-state index in [1.165, 1.54) is 18.4 Å². The summed E-state index contributed by atoms with van der Waals surface area (Å²) in [6, 6.07) is 25.8. The summed E-state index contributed by atoms with van der Waals surface area (Å²) in [5, 5.41) is 21.3. The second-order valence-corrected chi connectivity index (χ2v) is 19.4. The minimum atomic E-state index is -3.07. The molecule has 2 unspecified atom stereocenters. The van der Waals surface area contributed by atoms with Crippen molar-refractivity contribution in [2.75, 3.05) is 25.6 Å². The highest BCUT2D eigenvalue weighted by Gasteiger charge is 2.50. The summed E-state index contributed by atoms with van der Waals surface area (Å²) < 4.78 is 17.2. The van der Waals surface area contributed by atoms with E-state index in [1.807, 2.05) is 60.7 Å². The first-order valence-corrected chi connectivity index (χ1v) is 19.6. The van der Waals surface area contributed by atoms with Gasteiger partial charge in [0.2, 0.25) is 5.91 Å². The topological polar surface area (TPSA) is 152 Å². The van der Waals surface area contributed by atoms with Crippen LogP contribution in [0.15, 0.2) is 96.4 Å². The van der Waals surface area contributed by atoms with Crippen LogP contribution in [0.5, 0.6) is 0 Å². The fourth-order valence-corrected chi connectivity index (χ4v) is 11.2. The summed E-state index contributed by atoms with van der Waals surface area (Å²) in [6.45, 7) is 10.7. The molecule has 276 valence electrons. The van der Waals surface area contributed by atoms with Crippen LogP contribution in [0.3, 0.4) is 0 Å². The smallest absolute Gasteiger partial charge is 0.412 e. The molecule has 11 nitrogen and oxygen atoms in total. The number of hydrogen-bond acceptors (Lipinski definition) is 9. The molecule has 13 heteroatoms. The Labute approximate surface area is 309 Å². The lowest BCUT2D eigenvalue weighted by molar-refractivity contribution is -0.146. The quantitative estimate of drug-likeness (QED) is 0.109. The van der Waals surface area contributed by atoms with Crippen LogP contribution in [0.1, 0.15) is 51.9 Å². The second-order valence-electron chi connectivity index (χ2n) is 14.2. The average molecular weight is 746 g/mol. The molecule has 2 atom stereocenters. The zero-order chi connectivity index (χ0) is 38.1. The van der Waals surface area contributed by atoms with Crippen LogP contribution in [0, 0.1) is 0 Å². The minimum Gasteiger partial charge on any atom is -0.467 e. The van der Waals surface area contributed by atoms with E-state index in [2.05, 4.69) is 36.7 Å². The minimum absolute atomic E-state index is 0.211. The zero-order valence-electron chi connectivity index (χ0n) is 30.5. The van der Waals surface area contributed by atoms with Crippen molar-refractivity contribution in [1.82, 2.24) is 10.6 Å². The van der Waals surface area contributed by atoms with E-state index in [-0.39, 0.29) is 17.2 Å². The van der Waals surface area contributed by atoms with E-state index in [0.717, 1.165) is 20.8 Å². The van der Waals surface area contributed by atoms with Gasteiger partial charge < -0.3 is 29.6 Å². The maximum Gasteiger partial charge on any atom is 0.412 e. The van der Waals surface area contributed by atoms with Gasteiger partial charge in [-0.1, -0.05) is 93.6 Å². The summed E-state index contributed by atoms with van der Waals surface area (Å²) in [4.78, 5) is 52.6. The van der Waals surface area contributed by atoms with Gasteiger partial charge in [0, 0.05) is 15.9 Å². The number of nitrogens with one attached hydrogen (secondary N) is 3. The van der Waals surface area contributed by atoms with Crippen LogP contribution < -0.4 is 26.3 Å². The number of rotatable bonds is 13. The molecule has 4 N–H and O–H groups in total. The number of anilines is 1. The monoisotopic (exact) mass is 745 g/mol. The van der Waals surface area contributed by atoms with E-state index in [1.54, 1.807) is 56.5 Å². The number of amides is 3. The van der Waals surface area contributed by atoms with E-state index in [9.17, 15) is 24.3 Å². The summed E-state index contributed by atoms with van der Waals surface area (Å²) in [7, 11) is -1.86. The maximum absolute atomic E-state index is 13.5. The molecular weight excluding hydrogens is 699 g/mol. The number of esters is 1. The van der Waals surface area contributed by atoms with Gasteiger partial charge in [-0.05, 0) is 59.9 Å². The largest absolute Gasteiger partial charge is 0.467 e. The molecule has 0 spiro atoms. The first kappa shape index (κ1) is 40.0. The van der Waals surface area contributed by atoms with Crippen LogP contribution in [0.2, 0.25) is 5.04 Å². The molecule has 0 saturated carbocycles. The van der Waals surface area contributed by atoms with Crippen LogP contribution in [-0.2, 0) is 23.5 Å². The van der Waals surface area contributed by atoms with Gasteiger partial charge in [-0.15, -0.1) is 11.3 Å². The van der Waals surface area contributed by atoms with Crippen molar-refractivity contribution in [3.05, 3.63) is 102 Å². The molecular formula is C39H47N3O8SSi. The van der Waals surface area contributed by atoms with E-state index >= 15 is 0 Å². The first-order chi connectivity index (χ1) is 24.6. The number of methoxy groups -OCH3 is 1. The van der Waals surface area contributed by atoms with Crippen LogP contribution in [0.25, 0.3) is 10.4 Å². The number of thiophene rings is 1. The molecule has 0 aliphatic carbocycles. The molecule has 0 fully saturated rings. The number of hydrogen-bond donors (Lipinski definition) is 4. The Morgan fingerprint density at radius 1 is 0.808 bits per heavy atom. The molecule has 0 aliphatic heterocycles. The highest BCUT2D eigenvalue weighted by molar-refractivity contribution is 7.13. The maximum atomic E-state index is 13.5. The van der Waals surface area contributed by atoms with Crippen molar-refractivity contribution in [1.29, 1.82) is 0 Å². The summed E-state index contributed by atoms with van der Waals surface area (Å²) >= 11 is 1.32. The standard InChI is InChI=1S/C39H47N3O8SSi/c1-38(2,3)50-37(47)40-28-20-18-26(19-21-28)33-22-27(25-51-33)34(44)41-31(23-43)35(45)42-32(36(46)48-7)24-49-52(39(4,5)6,29-14-10-8-11-15-29)30-16-12-9-13-17-30/h8-22,25,31-32,43H,23-24H2,1-7H3,(H,40,47)(H,41,44)(H,42,45). The summed E-state index contributed by atoms with van der Waals surface area (Å²) in [5.41, 5.74) is 1.00. The van der Waals surface area contributed by atoms with Crippen LogP contribution in [-0.4, -0.2) is 75.3 Å². The lowest BCUT2D eigenvalue weighted by Gasteiger charge is -2.43. The molecule has 3 amide bonds. The molecule has 3 aromatic carbocycles. The SMILES string of the molecule is COC(=O)C(CO[Si](c1ccccc1)(c1ccccc1)C(C)(C)C)NC(=O)C(CO)NC(=O)c1csc(-c2ccc(NC(=O)OC(C)(C)C)cc2)c1. The Morgan fingerprint density at radius 3 is 1.88 bits per heavy atom. The van der Waals surface area contributed by atoms with E-state index in [4.69, 9.17) is 13.9 Å². The number of carbonyl (C=O) groups is 4. The first-order valence-electron chi connectivity index (χ1n) is 16.8. The molecule has 0 aliphatic rings. The Bertz CT molecular complexity index is 1780. The Kier molecular flexibility index (Phi) is 13.2. The third-order valence-corrected chi connectivity index (χ3v) is 14.2. The summed E-state index contributed by atoms with van der Waals surface area (Å²) in [6.07, 6.45) is -0.567. The van der Waals surface area contributed by atoms with Crippen molar-refractivity contribution >= 4 is 59.6 Å². The van der Waals surface area contributed by atoms with E-state index in [0.29, 0.717) is 5.69 Å². The predicted molar refractivity (Wildman–Crippen MR) is 205 cm³/mol. The fourth-order valence-electron chi connectivity index (χ4n) is 5.73. The number of aliphatic hydroxyl groups excluding tert-OH is 1. The van der Waals surface area contributed by atoms with Gasteiger partial charge in [-0.2, -0.15) is 0 Å². The highest BCUT2D eigenvalue weighted by Crippen LogP contribution is 2.37. The lowest BCUT2D eigenvalue weighted by atomic mass is 10.1. The van der Waals surface area contributed by atoms with Crippen molar-refractivity contribution in [2.45, 2.75) is 64.3 Å². The van der Waals surface area contributed by atoms with Gasteiger partial charge in [0.1, 0.15) is 17.7 Å². The van der Waals surface area contributed by atoms with Gasteiger partial charge in [0.25, 0.3) is 14.2 Å². The van der Waals surface area contributed by atoms with E-state index < -0.39 is 56.5 Å². The van der Waals surface area contributed by atoms with Gasteiger partial charge in [0.05, 0.1) is 25.9 Å². The molecule has 4 aromatic rings. The van der Waals surface area contributed by atoms with Crippen LogP contribution in [0.4, 0.5) is 10.5 Å². The number of benzene rings is 3. The van der Waals surface area contributed by atoms with Crippen molar-refractivity contribution in [3.63, 3.8) is 0 Å². The van der Waals surface area contributed by atoms with Gasteiger partial charge >= 0.3 is 12.1 Å². The predicted octanol–water partition coefficient (Wildman–Crippen LogP) is 5.09. The molecule has 4 rings (SSSR count). The molecule has 1 aromatic heterocycles. The molecule has 1 heterocycles. The number of aliphatic hydroxyl groups is 1. The Hall–Kier alpha value is -4.82. The van der Waals surface area contributed by atoms with Gasteiger partial charge in [0.15, 0.2) is 0 Å². The third-order valence-electron chi connectivity index (χ3n) is 8.17. The molecule has 0 radical (unpaired) electrons. The van der Waals surface area contributed by atoms with Crippen molar-refractivity contribution in [2.24, 2.45) is 0 Å². The fraction of sp³-hybridized carbons (Fsp3) is 0.333. The molecule has 0 saturated heterocycles. The summed E-state index contributed by atoms with van der Waals surface area (Å²) in [5.74, 6) is -2.09. The second kappa shape index (κ2) is 17.1. The van der Waals surface area contributed by atoms with Gasteiger partial charge in [-0.25, -0.2) is 9.59 Å². The van der Waals surface area contributed by atoms with Crippen LogP contribution >= 0.6 is 11.3 Å². The lowest BCUT2D eigenvalue weighted by Crippen LogP contribution is -2.68.